The van der Waals surface area contributed by atoms with Gasteiger partial charge in [-0.05, 0) is 44.9 Å². The van der Waals surface area contributed by atoms with Crippen LogP contribution in [0.2, 0.25) is 0 Å². The van der Waals surface area contributed by atoms with Crippen molar-refractivity contribution < 1.29 is 0 Å². The summed E-state index contributed by atoms with van der Waals surface area (Å²) in [6.45, 7) is 2.31. The van der Waals surface area contributed by atoms with Gasteiger partial charge in [-0.2, -0.15) is 0 Å². The molecular weight excluding hydrogens is 210 g/mol. The minimum Gasteiger partial charge on any atom is -0.367 e. The van der Waals surface area contributed by atoms with Gasteiger partial charge in [0.1, 0.15) is 12.1 Å². The van der Waals surface area contributed by atoms with Crippen molar-refractivity contribution in [2.24, 2.45) is 5.92 Å². The molecule has 17 heavy (non-hydrogen) atoms. The molecule has 0 aromatic carbocycles. The molecule has 1 saturated carbocycles. The molecule has 0 saturated heterocycles. The third-order valence-electron chi connectivity index (χ3n) is 4.35. The number of hydrogen-bond acceptors (Lipinski definition) is 3. The van der Waals surface area contributed by atoms with Crippen molar-refractivity contribution in [2.75, 3.05) is 5.32 Å². The molecular formula is C14H21N3. The molecule has 1 unspecified atom stereocenters. The molecule has 1 aromatic heterocycles. The van der Waals surface area contributed by atoms with Crippen LogP contribution in [0.4, 0.5) is 5.82 Å². The van der Waals surface area contributed by atoms with Crippen LogP contribution in [-0.4, -0.2) is 16.0 Å². The van der Waals surface area contributed by atoms with E-state index >= 15 is 0 Å². The number of aryl methyl sites for hydroxylation is 1. The molecule has 3 rings (SSSR count). The number of anilines is 1. The summed E-state index contributed by atoms with van der Waals surface area (Å²) in [4.78, 5) is 8.81. The second-order valence-electron chi connectivity index (χ2n) is 5.48. The van der Waals surface area contributed by atoms with Gasteiger partial charge in [0.15, 0.2) is 0 Å². The highest BCUT2D eigenvalue weighted by Gasteiger charge is 2.24. The molecule has 0 radical (unpaired) electrons. The highest BCUT2D eigenvalue weighted by Crippen LogP contribution is 2.31. The molecule has 0 spiro atoms. The minimum absolute atomic E-state index is 0.553. The molecule has 0 aliphatic heterocycles. The third kappa shape index (κ3) is 2.15. The zero-order chi connectivity index (χ0) is 11.7. The predicted octanol–water partition coefficient (Wildman–Crippen LogP) is 2.96. The molecule has 0 amide bonds. The fourth-order valence-electron chi connectivity index (χ4n) is 3.27. The van der Waals surface area contributed by atoms with E-state index in [0.29, 0.717) is 6.04 Å². The monoisotopic (exact) mass is 231 g/mol. The van der Waals surface area contributed by atoms with E-state index in [9.17, 15) is 0 Å². The summed E-state index contributed by atoms with van der Waals surface area (Å²) in [5.41, 5.74) is 2.64. The number of aromatic nitrogens is 2. The zero-order valence-electron chi connectivity index (χ0n) is 10.6. The molecule has 1 heterocycles. The van der Waals surface area contributed by atoms with Crippen molar-refractivity contribution >= 4 is 5.82 Å². The molecule has 1 aromatic rings. The summed E-state index contributed by atoms with van der Waals surface area (Å²) in [5.74, 6) is 1.94. The Hall–Kier alpha value is -1.12. The summed E-state index contributed by atoms with van der Waals surface area (Å²) in [7, 11) is 0. The maximum absolute atomic E-state index is 4.44. The average molecular weight is 231 g/mol. The fraction of sp³-hybridized carbons (Fsp3) is 0.714. The van der Waals surface area contributed by atoms with Crippen LogP contribution in [-0.2, 0) is 12.8 Å². The Morgan fingerprint density at radius 2 is 2.00 bits per heavy atom. The van der Waals surface area contributed by atoms with Crippen molar-refractivity contribution in [3.63, 3.8) is 0 Å². The Morgan fingerprint density at radius 3 is 2.82 bits per heavy atom. The van der Waals surface area contributed by atoms with E-state index in [-0.39, 0.29) is 0 Å². The van der Waals surface area contributed by atoms with Crippen LogP contribution in [0.25, 0.3) is 0 Å². The number of hydrogen-bond donors (Lipinski definition) is 1. The SMILES string of the molecule is CC(Nc1ncnc2c1CCC2)C1CCCC1. The van der Waals surface area contributed by atoms with E-state index in [2.05, 4.69) is 22.2 Å². The van der Waals surface area contributed by atoms with Gasteiger partial charge < -0.3 is 5.32 Å². The first-order valence-corrected chi connectivity index (χ1v) is 6.94. The van der Waals surface area contributed by atoms with Gasteiger partial charge in [0, 0.05) is 17.3 Å². The smallest absolute Gasteiger partial charge is 0.133 e. The third-order valence-corrected chi connectivity index (χ3v) is 4.35. The van der Waals surface area contributed by atoms with Gasteiger partial charge in [-0.15, -0.1) is 0 Å². The lowest BCUT2D eigenvalue weighted by atomic mass is 9.99. The maximum atomic E-state index is 4.44. The van der Waals surface area contributed by atoms with E-state index in [1.807, 2.05) is 0 Å². The van der Waals surface area contributed by atoms with E-state index in [1.165, 1.54) is 43.4 Å². The number of nitrogens with one attached hydrogen (secondary N) is 1. The van der Waals surface area contributed by atoms with Crippen LogP contribution in [0.5, 0.6) is 0 Å². The average Bonchev–Trinajstić information content (AvgIpc) is 3.00. The molecule has 1 fully saturated rings. The van der Waals surface area contributed by atoms with Gasteiger partial charge in [0.2, 0.25) is 0 Å². The van der Waals surface area contributed by atoms with Crippen LogP contribution in [0.15, 0.2) is 6.33 Å². The summed E-state index contributed by atoms with van der Waals surface area (Å²) in [5, 5.41) is 3.63. The van der Waals surface area contributed by atoms with Crippen LogP contribution in [0.3, 0.4) is 0 Å². The first kappa shape index (κ1) is 11.0. The largest absolute Gasteiger partial charge is 0.367 e. The second kappa shape index (κ2) is 4.63. The molecule has 92 valence electrons. The lowest BCUT2D eigenvalue weighted by Crippen LogP contribution is -2.25. The van der Waals surface area contributed by atoms with Gasteiger partial charge in [0.25, 0.3) is 0 Å². The van der Waals surface area contributed by atoms with Crippen molar-refractivity contribution in [1.29, 1.82) is 0 Å². The first-order chi connectivity index (χ1) is 8.34. The van der Waals surface area contributed by atoms with Gasteiger partial charge in [-0.25, -0.2) is 9.97 Å². The van der Waals surface area contributed by atoms with Crippen molar-refractivity contribution in [2.45, 2.75) is 57.9 Å². The number of rotatable bonds is 3. The Balaban J connectivity index is 1.74. The number of fused-ring (bicyclic) bond motifs is 1. The van der Waals surface area contributed by atoms with E-state index in [4.69, 9.17) is 0 Å². The van der Waals surface area contributed by atoms with Crippen molar-refractivity contribution in [3.8, 4) is 0 Å². The van der Waals surface area contributed by atoms with Crippen molar-refractivity contribution in [1.82, 2.24) is 9.97 Å². The molecule has 0 bridgehead atoms. The molecule has 2 aliphatic carbocycles. The van der Waals surface area contributed by atoms with Crippen LogP contribution < -0.4 is 5.32 Å². The molecule has 2 aliphatic rings. The minimum atomic E-state index is 0.553. The summed E-state index contributed by atoms with van der Waals surface area (Å²) in [6, 6.07) is 0.553. The summed E-state index contributed by atoms with van der Waals surface area (Å²) in [6.07, 6.45) is 10.8. The van der Waals surface area contributed by atoms with Gasteiger partial charge in [-0.3, -0.25) is 0 Å². The lowest BCUT2D eigenvalue weighted by Gasteiger charge is -2.22. The van der Waals surface area contributed by atoms with Crippen LogP contribution >= 0.6 is 0 Å². The number of nitrogens with zero attached hydrogens (tertiary/aromatic N) is 2. The van der Waals surface area contributed by atoms with Gasteiger partial charge >= 0.3 is 0 Å². The van der Waals surface area contributed by atoms with Gasteiger partial charge in [-0.1, -0.05) is 12.8 Å². The first-order valence-electron chi connectivity index (χ1n) is 6.94. The molecule has 1 N–H and O–H groups in total. The Kier molecular flexibility index (Phi) is 3.00. The van der Waals surface area contributed by atoms with Crippen molar-refractivity contribution in [3.05, 3.63) is 17.6 Å². The standard InChI is InChI=1S/C14H21N3/c1-10(11-5-2-3-6-11)17-14-12-7-4-8-13(12)15-9-16-14/h9-11H,2-8H2,1H3,(H,15,16,17). The highest BCUT2D eigenvalue weighted by molar-refractivity contribution is 5.48. The van der Waals surface area contributed by atoms with Crippen LogP contribution in [0.1, 0.15) is 50.3 Å². The summed E-state index contributed by atoms with van der Waals surface area (Å²) >= 11 is 0. The Bertz CT molecular complexity index is 396. The summed E-state index contributed by atoms with van der Waals surface area (Å²) < 4.78 is 0. The molecule has 1 atom stereocenters. The van der Waals surface area contributed by atoms with E-state index < -0.39 is 0 Å². The Labute approximate surface area is 103 Å². The van der Waals surface area contributed by atoms with E-state index in [0.717, 1.165) is 24.6 Å². The van der Waals surface area contributed by atoms with Gasteiger partial charge in [0.05, 0.1) is 0 Å². The predicted molar refractivity (Wildman–Crippen MR) is 69.1 cm³/mol. The normalized spacial score (nSPS) is 21.5. The maximum Gasteiger partial charge on any atom is 0.133 e. The molecule has 3 nitrogen and oxygen atoms in total. The second-order valence-corrected chi connectivity index (χ2v) is 5.48. The highest BCUT2D eigenvalue weighted by atomic mass is 15.0. The quantitative estimate of drug-likeness (QED) is 0.869. The Morgan fingerprint density at radius 1 is 1.18 bits per heavy atom. The fourth-order valence-corrected chi connectivity index (χ4v) is 3.27. The lowest BCUT2D eigenvalue weighted by molar-refractivity contribution is 0.480. The molecule has 3 heteroatoms. The van der Waals surface area contributed by atoms with E-state index in [1.54, 1.807) is 6.33 Å². The zero-order valence-corrected chi connectivity index (χ0v) is 10.6. The van der Waals surface area contributed by atoms with Crippen LogP contribution in [0, 0.1) is 5.92 Å². The topological polar surface area (TPSA) is 37.8 Å².